The van der Waals surface area contributed by atoms with Crippen LogP contribution < -0.4 is 0 Å². The van der Waals surface area contributed by atoms with E-state index in [2.05, 4.69) is 15.5 Å². The van der Waals surface area contributed by atoms with E-state index < -0.39 is 12.1 Å². The number of carbonyl (C=O) groups is 1. The summed E-state index contributed by atoms with van der Waals surface area (Å²) in [5.41, 5.74) is 0. The predicted molar refractivity (Wildman–Crippen MR) is 64.4 cm³/mol. The van der Waals surface area contributed by atoms with Gasteiger partial charge in [0, 0.05) is 13.0 Å². The largest absolute Gasteiger partial charge is 0.481 e. The fourth-order valence-corrected chi connectivity index (χ4v) is 3.17. The molecule has 0 spiro atoms. The van der Waals surface area contributed by atoms with Gasteiger partial charge in [-0.2, -0.15) is 0 Å². The molecule has 3 rings (SSSR count). The van der Waals surface area contributed by atoms with Crippen LogP contribution >= 0.6 is 0 Å². The summed E-state index contributed by atoms with van der Waals surface area (Å²) >= 11 is 0. The minimum Gasteiger partial charge on any atom is -0.481 e. The number of aliphatic carboxylic acids is 1. The Morgan fingerprint density at radius 3 is 2.84 bits per heavy atom. The number of tetrazole rings is 1. The van der Waals surface area contributed by atoms with Crippen LogP contribution in [0.1, 0.15) is 37.4 Å². The lowest BCUT2D eigenvalue weighted by molar-refractivity contribution is -0.140. The Morgan fingerprint density at radius 1 is 1.47 bits per heavy atom. The van der Waals surface area contributed by atoms with Crippen molar-refractivity contribution in [1.82, 2.24) is 20.2 Å². The van der Waals surface area contributed by atoms with Crippen LogP contribution in [0.4, 0.5) is 0 Å². The van der Waals surface area contributed by atoms with Crippen LogP contribution in [-0.4, -0.2) is 44.5 Å². The van der Waals surface area contributed by atoms with Crippen LogP contribution in [0.15, 0.2) is 0 Å². The van der Waals surface area contributed by atoms with Gasteiger partial charge >= 0.3 is 5.97 Å². The highest BCUT2D eigenvalue weighted by molar-refractivity contribution is 5.67. The molecule has 3 atom stereocenters. The van der Waals surface area contributed by atoms with Gasteiger partial charge in [0.2, 0.25) is 0 Å². The zero-order valence-electron chi connectivity index (χ0n) is 10.9. The number of carboxylic acids is 1. The molecule has 104 valence electrons. The van der Waals surface area contributed by atoms with E-state index in [0.29, 0.717) is 12.5 Å². The maximum atomic E-state index is 10.7. The van der Waals surface area contributed by atoms with Gasteiger partial charge in [-0.05, 0) is 41.5 Å². The first kappa shape index (κ1) is 12.5. The maximum Gasteiger partial charge on any atom is 0.306 e. The normalized spacial score (nSPS) is 30.1. The molecule has 2 saturated carbocycles. The number of hydrogen-bond acceptors (Lipinski definition) is 5. The van der Waals surface area contributed by atoms with Gasteiger partial charge in [-0.1, -0.05) is 0 Å². The Hall–Kier alpha value is -1.50. The zero-order valence-corrected chi connectivity index (χ0v) is 10.9. The molecule has 19 heavy (non-hydrogen) atoms. The molecule has 0 aliphatic heterocycles. The molecule has 7 nitrogen and oxygen atoms in total. The standard InChI is InChI=1S/C12H18N4O3/c1-19-10(5-11(17)18)6-16-12(13-14-15-16)9-3-7-2-8(7)4-9/h7-10H,2-6H2,1H3,(H,17,18). The Labute approximate surface area is 110 Å². The Bertz CT molecular complexity index is 465. The second kappa shape index (κ2) is 4.88. The fourth-order valence-electron chi connectivity index (χ4n) is 3.17. The average molecular weight is 266 g/mol. The Kier molecular flexibility index (Phi) is 3.22. The van der Waals surface area contributed by atoms with Crippen molar-refractivity contribution in [2.75, 3.05) is 7.11 Å². The molecule has 2 aliphatic rings. The monoisotopic (exact) mass is 266 g/mol. The van der Waals surface area contributed by atoms with E-state index in [9.17, 15) is 4.79 Å². The number of fused-ring (bicyclic) bond motifs is 1. The number of methoxy groups -OCH3 is 1. The first-order valence-corrected chi connectivity index (χ1v) is 6.68. The van der Waals surface area contributed by atoms with Crippen molar-refractivity contribution in [3.63, 3.8) is 0 Å². The molecule has 1 heterocycles. The van der Waals surface area contributed by atoms with E-state index in [1.165, 1.54) is 26.4 Å². The first-order valence-electron chi connectivity index (χ1n) is 6.68. The molecule has 1 aromatic heterocycles. The van der Waals surface area contributed by atoms with Crippen molar-refractivity contribution in [2.24, 2.45) is 11.8 Å². The van der Waals surface area contributed by atoms with E-state index >= 15 is 0 Å². The number of rotatable bonds is 6. The van der Waals surface area contributed by atoms with Crippen molar-refractivity contribution in [3.8, 4) is 0 Å². The number of carboxylic acid groups (broad SMARTS) is 1. The third-order valence-electron chi connectivity index (χ3n) is 4.28. The van der Waals surface area contributed by atoms with Crippen molar-refractivity contribution < 1.29 is 14.6 Å². The average Bonchev–Trinajstić information content (AvgIpc) is 2.79. The molecule has 0 radical (unpaired) electrons. The maximum absolute atomic E-state index is 10.7. The topological polar surface area (TPSA) is 90.1 Å². The lowest BCUT2D eigenvalue weighted by Crippen LogP contribution is -2.24. The highest BCUT2D eigenvalue weighted by Crippen LogP contribution is 2.57. The predicted octanol–water partition coefficient (Wildman–Crippen LogP) is 0.676. The van der Waals surface area contributed by atoms with Crippen LogP contribution in [0.25, 0.3) is 0 Å². The first-order chi connectivity index (χ1) is 9.17. The summed E-state index contributed by atoms with van der Waals surface area (Å²) in [6.45, 7) is 0.400. The van der Waals surface area contributed by atoms with Gasteiger partial charge in [0.05, 0.1) is 19.1 Å². The number of ether oxygens (including phenoxy) is 1. The molecule has 2 fully saturated rings. The van der Waals surface area contributed by atoms with Crippen molar-refractivity contribution in [1.29, 1.82) is 0 Å². The molecular formula is C12H18N4O3. The highest BCUT2D eigenvalue weighted by atomic mass is 16.5. The van der Waals surface area contributed by atoms with Crippen LogP contribution in [-0.2, 0) is 16.1 Å². The van der Waals surface area contributed by atoms with Gasteiger partial charge in [-0.3, -0.25) is 4.79 Å². The summed E-state index contributed by atoms with van der Waals surface area (Å²) in [6, 6.07) is 0. The van der Waals surface area contributed by atoms with E-state index in [1.807, 2.05) is 0 Å². The lowest BCUT2D eigenvalue weighted by Gasteiger charge is -2.16. The SMILES string of the molecule is COC(CC(=O)O)Cn1nnnc1C1CC2CC2C1. The van der Waals surface area contributed by atoms with Crippen LogP contribution in [0.2, 0.25) is 0 Å². The molecule has 7 heteroatoms. The van der Waals surface area contributed by atoms with Crippen LogP contribution in [0.3, 0.4) is 0 Å². The van der Waals surface area contributed by atoms with Crippen LogP contribution in [0.5, 0.6) is 0 Å². The smallest absolute Gasteiger partial charge is 0.306 e. The highest BCUT2D eigenvalue weighted by Gasteiger charge is 2.47. The van der Waals surface area contributed by atoms with Gasteiger partial charge in [-0.15, -0.1) is 5.10 Å². The second-order valence-electron chi connectivity index (χ2n) is 5.60. The minimum absolute atomic E-state index is 0.0360. The number of hydrogen-bond donors (Lipinski definition) is 1. The van der Waals surface area contributed by atoms with Crippen molar-refractivity contribution in [3.05, 3.63) is 5.82 Å². The molecule has 2 aliphatic carbocycles. The van der Waals surface area contributed by atoms with Gasteiger partial charge < -0.3 is 9.84 Å². The molecule has 3 unspecified atom stereocenters. The van der Waals surface area contributed by atoms with Crippen molar-refractivity contribution >= 4 is 5.97 Å². The zero-order chi connectivity index (χ0) is 13.4. The van der Waals surface area contributed by atoms with Crippen LogP contribution in [0, 0.1) is 11.8 Å². The molecular weight excluding hydrogens is 248 g/mol. The van der Waals surface area contributed by atoms with Gasteiger partial charge in [0.25, 0.3) is 0 Å². The molecule has 0 saturated heterocycles. The summed E-state index contributed by atoms with van der Waals surface area (Å²) in [7, 11) is 1.52. The van der Waals surface area contributed by atoms with Gasteiger partial charge in [0.15, 0.2) is 5.82 Å². The Morgan fingerprint density at radius 2 is 2.21 bits per heavy atom. The third-order valence-corrected chi connectivity index (χ3v) is 4.28. The minimum atomic E-state index is -0.872. The summed E-state index contributed by atoms with van der Waals surface area (Å²) in [6.07, 6.45) is 3.27. The van der Waals surface area contributed by atoms with E-state index in [0.717, 1.165) is 17.7 Å². The quantitative estimate of drug-likeness (QED) is 0.814. The third kappa shape index (κ3) is 2.60. The van der Waals surface area contributed by atoms with Gasteiger partial charge in [0.1, 0.15) is 0 Å². The lowest BCUT2D eigenvalue weighted by atomic mass is 10.0. The molecule has 1 N–H and O–H groups in total. The van der Waals surface area contributed by atoms with E-state index in [1.54, 1.807) is 4.68 Å². The Balaban J connectivity index is 1.67. The van der Waals surface area contributed by atoms with Crippen molar-refractivity contribution in [2.45, 2.75) is 44.2 Å². The van der Waals surface area contributed by atoms with E-state index in [-0.39, 0.29) is 6.42 Å². The molecule has 1 aromatic rings. The van der Waals surface area contributed by atoms with E-state index in [4.69, 9.17) is 9.84 Å². The summed E-state index contributed by atoms with van der Waals surface area (Å²) in [5.74, 6) is 2.18. The van der Waals surface area contributed by atoms with Gasteiger partial charge in [-0.25, -0.2) is 4.68 Å². The number of aromatic nitrogens is 4. The molecule has 0 bridgehead atoms. The fraction of sp³-hybridized carbons (Fsp3) is 0.833. The molecule has 0 amide bonds. The molecule has 0 aromatic carbocycles. The number of nitrogens with zero attached hydrogens (tertiary/aromatic N) is 4. The summed E-state index contributed by atoms with van der Waals surface area (Å²) in [4.78, 5) is 10.7. The second-order valence-corrected chi connectivity index (χ2v) is 5.60. The summed E-state index contributed by atoms with van der Waals surface area (Å²) < 4.78 is 6.90. The summed E-state index contributed by atoms with van der Waals surface area (Å²) in [5, 5.41) is 20.7.